The first-order valence-electron chi connectivity index (χ1n) is 12.5. The van der Waals surface area contributed by atoms with Crippen LogP contribution in [-0.4, -0.2) is 4.62 Å². The van der Waals surface area contributed by atoms with Crippen molar-refractivity contribution in [1.29, 1.82) is 5.41 Å². The number of dihydropyridines is 1. The second kappa shape index (κ2) is 11.4. The summed E-state index contributed by atoms with van der Waals surface area (Å²) in [5, 5.41) is 11.4. The molecule has 1 atom stereocenters. The lowest BCUT2D eigenvalue weighted by Gasteiger charge is -2.21. The van der Waals surface area contributed by atoms with Crippen molar-refractivity contribution in [2.75, 3.05) is 0 Å². The van der Waals surface area contributed by atoms with Crippen LogP contribution in [0.2, 0.25) is 0 Å². The third-order valence-corrected chi connectivity index (χ3v) is 7.49. The van der Waals surface area contributed by atoms with E-state index in [-0.39, 0.29) is 5.92 Å². The van der Waals surface area contributed by atoms with E-state index in [0.29, 0.717) is 4.62 Å². The number of allylic oxidation sites excluding steroid dienone is 4. The summed E-state index contributed by atoms with van der Waals surface area (Å²) in [6, 6.07) is 38.4. The van der Waals surface area contributed by atoms with Crippen LogP contribution in [0.1, 0.15) is 24.5 Å². The zero-order chi connectivity index (χ0) is 25.6. The van der Waals surface area contributed by atoms with Gasteiger partial charge in [-0.1, -0.05) is 122 Å². The highest BCUT2D eigenvalue weighted by atomic mass is 79.9. The molecule has 182 valence electrons. The van der Waals surface area contributed by atoms with Gasteiger partial charge in [-0.05, 0) is 67.4 Å². The van der Waals surface area contributed by atoms with Gasteiger partial charge in [0.05, 0.1) is 4.62 Å². The molecule has 0 saturated heterocycles. The van der Waals surface area contributed by atoms with E-state index in [1.165, 1.54) is 27.8 Å². The molecule has 0 bridgehead atoms. The molecule has 1 aliphatic rings. The molecule has 0 fully saturated rings. The van der Waals surface area contributed by atoms with E-state index in [0.717, 1.165) is 28.8 Å². The highest BCUT2D eigenvalue weighted by molar-refractivity contribution is 9.18. The Morgan fingerprint density at radius 3 is 1.68 bits per heavy atom. The van der Waals surface area contributed by atoms with Crippen LogP contribution in [0.3, 0.4) is 0 Å². The molecule has 0 spiro atoms. The predicted molar refractivity (Wildman–Crippen MR) is 161 cm³/mol. The molecule has 1 heterocycles. The number of hydrogen-bond acceptors (Lipinski definition) is 2. The molecule has 4 aromatic carbocycles. The molecule has 37 heavy (non-hydrogen) atoms. The topological polar surface area (TPSA) is 35.9 Å². The predicted octanol–water partition coefficient (Wildman–Crippen LogP) is 9.33. The van der Waals surface area contributed by atoms with Crippen LogP contribution < -0.4 is 5.32 Å². The average Bonchev–Trinajstić information content (AvgIpc) is 2.97. The van der Waals surface area contributed by atoms with Crippen molar-refractivity contribution in [3.8, 4) is 22.3 Å². The largest absolute Gasteiger partial charge is 0.361 e. The zero-order valence-corrected chi connectivity index (χ0v) is 22.4. The smallest absolute Gasteiger partial charge is 0.0770 e. The van der Waals surface area contributed by atoms with E-state index < -0.39 is 0 Å². The summed E-state index contributed by atoms with van der Waals surface area (Å²) in [4.78, 5) is 0. The summed E-state index contributed by atoms with van der Waals surface area (Å²) in [6.07, 6.45) is 7.32. The van der Waals surface area contributed by atoms with Gasteiger partial charge in [-0.3, -0.25) is 5.41 Å². The average molecular weight is 546 g/mol. The maximum atomic E-state index is 7.90. The second-order valence-corrected chi connectivity index (χ2v) is 10.1. The molecular formula is C34H29BrN2. The van der Waals surface area contributed by atoms with Gasteiger partial charge in [-0.15, -0.1) is 0 Å². The molecule has 0 aromatic heterocycles. The Hall–Kier alpha value is -3.95. The van der Waals surface area contributed by atoms with Gasteiger partial charge in [-0.2, -0.15) is 0 Å². The minimum Gasteiger partial charge on any atom is -0.361 e. The minimum atomic E-state index is 0.131. The van der Waals surface area contributed by atoms with Gasteiger partial charge in [0.1, 0.15) is 0 Å². The molecule has 0 saturated carbocycles. The molecule has 0 amide bonds. The highest BCUT2D eigenvalue weighted by Crippen LogP contribution is 2.33. The third-order valence-electron chi connectivity index (χ3n) is 6.71. The Balaban J connectivity index is 1.47. The summed E-state index contributed by atoms with van der Waals surface area (Å²) in [5.41, 5.74) is 10.5. The lowest BCUT2D eigenvalue weighted by atomic mass is 9.92. The van der Waals surface area contributed by atoms with Gasteiger partial charge in [0.2, 0.25) is 0 Å². The van der Waals surface area contributed by atoms with Crippen molar-refractivity contribution in [3.05, 3.63) is 144 Å². The number of hydrogen-bond donors (Lipinski definition) is 2. The van der Waals surface area contributed by atoms with Crippen LogP contribution in [0.4, 0.5) is 0 Å². The van der Waals surface area contributed by atoms with Crippen LogP contribution >= 0.6 is 15.9 Å². The molecule has 0 radical (unpaired) electrons. The molecular weight excluding hydrogens is 516 g/mol. The fourth-order valence-corrected chi connectivity index (χ4v) is 4.63. The number of halogens is 1. The first kappa shape index (κ1) is 24.7. The molecule has 5 rings (SSSR count). The van der Waals surface area contributed by atoms with Crippen molar-refractivity contribution in [3.63, 3.8) is 0 Å². The van der Waals surface area contributed by atoms with Crippen molar-refractivity contribution < 1.29 is 0 Å². The summed E-state index contributed by atoms with van der Waals surface area (Å²) in [5.74, 6) is 0.131. The molecule has 3 heteroatoms. The van der Waals surface area contributed by atoms with Gasteiger partial charge in [0.15, 0.2) is 0 Å². The maximum absolute atomic E-state index is 7.90. The molecule has 1 unspecified atom stereocenters. The molecule has 0 aliphatic carbocycles. The Kier molecular flexibility index (Phi) is 7.62. The Labute approximate surface area is 227 Å². The summed E-state index contributed by atoms with van der Waals surface area (Å²) in [7, 11) is 0. The fourth-order valence-electron chi connectivity index (χ4n) is 4.44. The van der Waals surface area contributed by atoms with Crippen LogP contribution in [-0.2, 0) is 0 Å². The number of nitrogens with one attached hydrogen (secondary N) is 2. The van der Waals surface area contributed by atoms with Crippen LogP contribution in [0.5, 0.6) is 0 Å². The minimum absolute atomic E-state index is 0.131. The number of rotatable bonds is 7. The van der Waals surface area contributed by atoms with Crippen molar-refractivity contribution in [2.24, 2.45) is 5.92 Å². The Morgan fingerprint density at radius 1 is 0.703 bits per heavy atom. The van der Waals surface area contributed by atoms with Crippen molar-refractivity contribution >= 4 is 31.7 Å². The standard InChI is InChI=1S/C34H29BrN2/c1-24(34(35)36)12-21-33-32(30-19-17-28(18-20-30)26-10-6-3-7-11-26)22-31(23-37-33)29-15-13-27(14-16-29)25-8-4-2-5-9-25/h2-11,13-24,36-37H,12H2,1H3/b33-21+,36-34?. The van der Waals surface area contributed by atoms with Gasteiger partial charge >= 0.3 is 0 Å². The van der Waals surface area contributed by atoms with Crippen LogP contribution in [0.15, 0.2) is 133 Å². The molecule has 2 nitrogen and oxygen atoms in total. The normalized spacial score (nSPS) is 14.9. The highest BCUT2D eigenvalue weighted by Gasteiger charge is 2.16. The van der Waals surface area contributed by atoms with E-state index in [9.17, 15) is 0 Å². The van der Waals surface area contributed by atoms with Crippen LogP contribution in [0.25, 0.3) is 33.4 Å². The Bertz CT molecular complexity index is 1460. The van der Waals surface area contributed by atoms with E-state index in [2.05, 4.69) is 144 Å². The Morgan fingerprint density at radius 2 is 1.16 bits per heavy atom. The first-order valence-corrected chi connectivity index (χ1v) is 13.3. The summed E-state index contributed by atoms with van der Waals surface area (Å²) < 4.78 is 0.521. The van der Waals surface area contributed by atoms with E-state index in [1.807, 2.05) is 12.1 Å². The van der Waals surface area contributed by atoms with Crippen LogP contribution in [0, 0.1) is 11.3 Å². The van der Waals surface area contributed by atoms with E-state index in [1.54, 1.807) is 0 Å². The van der Waals surface area contributed by atoms with E-state index >= 15 is 0 Å². The number of benzene rings is 4. The SMILES string of the molecule is CC(C/C=C1/NC=C(c2ccc(-c3ccccc3)cc2)C=C1c1ccc(-c2ccccc2)cc1)C(=N)Br. The van der Waals surface area contributed by atoms with Gasteiger partial charge in [0, 0.05) is 23.4 Å². The summed E-state index contributed by atoms with van der Waals surface area (Å²) >= 11 is 3.32. The van der Waals surface area contributed by atoms with Gasteiger partial charge in [-0.25, -0.2) is 0 Å². The second-order valence-electron chi connectivity index (χ2n) is 9.29. The fraction of sp³-hybridized carbons (Fsp3) is 0.0882. The molecule has 4 aromatic rings. The zero-order valence-electron chi connectivity index (χ0n) is 20.8. The van der Waals surface area contributed by atoms with Crippen molar-refractivity contribution in [1.82, 2.24) is 5.32 Å². The van der Waals surface area contributed by atoms with E-state index in [4.69, 9.17) is 5.41 Å². The lowest BCUT2D eigenvalue weighted by Crippen LogP contribution is -2.13. The van der Waals surface area contributed by atoms with Crippen molar-refractivity contribution in [2.45, 2.75) is 13.3 Å². The first-order chi connectivity index (χ1) is 18.1. The summed E-state index contributed by atoms with van der Waals surface area (Å²) in [6.45, 7) is 2.06. The lowest BCUT2D eigenvalue weighted by molar-refractivity contribution is 0.792. The monoisotopic (exact) mass is 544 g/mol. The quantitative estimate of drug-likeness (QED) is 0.223. The maximum Gasteiger partial charge on any atom is 0.0770 e. The van der Waals surface area contributed by atoms with Gasteiger partial charge < -0.3 is 5.32 Å². The third kappa shape index (κ3) is 5.90. The van der Waals surface area contributed by atoms with Gasteiger partial charge in [0.25, 0.3) is 0 Å². The molecule has 1 aliphatic heterocycles. The molecule has 2 N–H and O–H groups in total.